The molecule has 0 amide bonds. The fourth-order valence-electron chi connectivity index (χ4n) is 1.89. The first-order valence-electron chi connectivity index (χ1n) is 6.85. The summed E-state index contributed by atoms with van der Waals surface area (Å²) >= 11 is 0. The van der Waals surface area contributed by atoms with Crippen LogP contribution < -0.4 is 0 Å². The summed E-state index contributed by atoms with van der Waals surface area (Å²) in [5.74, 6) is 0. The van der Waals surface area contributed by atoms with E-state index in [1.54, 1.807) is 0 Å². The van der Waals surface area contributed by atoms with Crippen LogP contribution >= 0.6 is 0 Å². The lowest BCUT2D eigenvalue weighted by Crippen LogP contribution is -1.82. The largest absolute Gasteiger partial charge is 0.303 e. The molecular formula is C14H31AlO. The first-order valence-corrected chi connectivity index (χ1v) is 6.85. The topological polar surface area (TPSA) is 17.1 Å². The van der Waals surface area contributed by atoms with Crippen LogP contribution in [-0.2, 0) is 4.79 Å². The maximum absolute atomic E-state index is 10.1. The number of unbranched alkanes of at least 4 members (excludes halogenated alkanes) is 11. The van der Waals surface area contributed by atoms with Crippen molar-refractivity contribution in [2.75, 3.05) is 0 Å². The fraction of sp³-hybridized carbons (Fsp3) is 0.929. The average molecular weight is 242 g/mol. The Morgan fingerprint density at radius 2 is 1.06 bits per heavy atom. The SMILES string of the molecule is CCCCCCCCCCCCCC=O.[AlH3]. The molecule has 0 saturated heterocycles. The summed E-state index contributed by atoms with van der Waals surface area (Å²) in [4.78, 5) is 10.1. The minimum absolute atomic E-state index is 0. The smallest absolute Gasteiger partial charge is 0.187 e. The van der Waals surface area contributed by atoms with Gasteiger partial charge in [0.1, 0.15) is 6.29 Å². The third-order valence-electron chi connectivity index (χ3n) is 2.93. The van der Waals surface area contributed by atoms with Crippen molar-refractivity contribution < 1.29 is 4.79 Å². The summed E-state index contributed by atoms with van der Waals surface area (Å²) in [6, 6.07) is 0. The lowest BCUT2D eigenvalue weighted by Gasteiger charge is -2.01. The summed E-state index contributed by atoms with van der Waals surface area (Å²) in [6.07, 6.45) is 16.7. The second-order valence-corrected chi connectivity index (χ2v) is 4.49. The van der Waals surface area contributed by atoms with Gasteiger partial charge in [-0.25, -0.2) is 0 Å². The molecule has 0 aromatic heterocycles. The van der Waals surface area contributed by atoms with Gasteiger partial charge in [-0.1, -0.05) is 71.1 Å². The third-order valence-corrected chi connectivity index (χ3v) is 2.93. The molecule has 1 nitrogen and oxygen atoms in total. The zero-order chi connectivity index (χ0) is 11.2. The van der Waals surface area contributed by atoms with Crippen molar-refractivity contribution in [2.24, 2.45) is 0 Å². The maximum atomic E-state index is 10.1. The van der Waals surface area contributed by atoms with Crippen LogP contribution in [0.2, 0.25) is 0 Å². The number of carbonyl (C=O) groups excluding carboxylic acids is 1. The van der Waals surface area contributed by atoms with Gasteiger partial charge in [0.25, 0.3) is 0 Å². The van der Waals surface area contributed by atoms with Crippen molar-refractivity contribution in [3.05, 3.63) is 0 Å². The highest BCUT2D eigenvalue weighted by Crippen LogP contribution is 2.11. The van der Waals surface area contributed by atoms with Crippen LogP contribution in [0.15, 0.2) is 0 Å². The van der Waals surface area contributed by atoms with Crippen molar-refractivity contribution in [3.8, 4) is 0 Å². The Balaban J connectivity index is 0. The zero-order valence-electron chi connectivity index (χ0n) is 10.5. The molecule has 0 aliphatic carbocycles. The Hall–Kier alpha value is 0.202. The van der Waals surface area contributed by atoms with Gasteiger partial charge in [0.2, 0.25) is 0 Å². The molecule has 0 N–H and O–H groups in total. The van der Waals surface area contributed by atoms with Crippen LogP contribution in [0.3, 0.4) is 0 Å². The molecule has 0 atom stereocenters. The van der Waals surface area contributed by atoms with Gasteiger partial charge < -0.3 is 4.79 Å². The Morgan fingerprint density at radius 1 is 0.688 bits per heavy atom. The minimum atomic E-state index is 0. The molecule has 0 aliphatic heterocycles. The van der Waals surface area contributed by atoms with E-state index in [0.717, 1.165) is 19.1 Å². The fourth-order valence-corrected chi connectivity index (χ4v) is 1.89. The number of rotatable bonds is 12. The predicted octanol–water partition coefficient (Wildman–Crippen LogP) is 3.70. The molecule has 0 aromatic carbocycles. The van der Waals surface area contributed by atoms with Crippen molar-refractivity contribution >= 4 is 23.6 Å². The van der Waals surface area contributed by atoms with Gasteiger partial charge in [-0.05, 0) is 6.42 Å². The van der Waals surface area contributed by atoms with Crippen LogP contribution in [0.25, 0.3) is 0 Å². The summed E-state index contributed by atoms with van der Waals surface area (Å²) in [7, 11) is 0. The van der Waals surface area contributed by atoms with E-state index in [9.17, 15) is 4.79 Å². The quantitative estimate of drug-likeness (QED) is 0.290. The van der Waals surface area contributed by atoms with Crippen LogP contribution in [0.4, 0.5) is 0 Å². The Bertz CT molecular complexity index is 126. The molecule has 0 heterocycles. The standard InChI is InChI=1S/C14H28O.Al.3H/c1-2-3-4-5-6-7-8-9-10-11-12-13-14-15;;;;/h14H,2-13H2,1H3;;;;. The molecule has 0 spiro atoms. The summed E-state index contributed by atoms with van der Waals surface area (Å²) in [6.45, 7) is 2.26. The molecule has 0 aromatic rings. The van der Waals surface area contributed by atoms with Gasteiger partial charge in [-0.2, -0.15) is 0 Å². The van der Waals surface area contributed by atoms with Gasteiger partial charge in [-0.3, -0.25) is 0 Å². The maximum Gasteiger partial charge on any atom is 0.187 e. The lowest BCUT2D eigenvalue weighted by molar-refractivity contribution is -0.107. The molecule has 0 saturated carbocycles. The highest BCUT2D eigenvalue weighted by Gasteiger charge is 1.92. The van der Waals surface area contributed by atoms with Crippen molar-refractivity contribution in [1.82, 2.24) is 0 Å². The minimum Gasteiger partial charge on any atom is -0.303 e. The monoisotopic (exact) mass is 242 g/mol. The van der Waals surface area contributed by atoms with Gasteiger partial charge >= 0.3 is 0 Å². The number of aldehydes is 1. The van der Waals surface area contributed by atoms with Gasteiger partial charge in [0.15, 0.2) is 17.4 Å². The molecule has 0 bridgehead atoms. The van der Waals surface area contributed by atoms with E-state index >= 15 is 0 Å². The Kier molecular flexibility index (Phi) is 20.4. The van der Waals surface area contributed by atoms with Crippen molar-refractivity contribution in [3.63, 3.8) is 0 Å². The zero-order valence-corrected chi connectivity index (χ0v) is 10.5. The first kappa shape index (κ1) is 18.6. The van der Waals surface area contributed by atoms with Crippen LogP contribution in [-0.4, -0.2) is 23.6 Å². The van der Waals surface area contributed by atoms with E-state index in [4.69, 9.17) is 0 Å². The van der Waals surface area contributed by atoms with E-state index in [2.05, 4.69) is 6.92 Å². The van der Waals surface area contributed by atoms with E-state index in [1.165, 1.54) is 64.2 Å². The summed E-state index contributed by atoms with van der Waals surface area (Å²) < 4.78 is 0. The molecular weight excluding hydrogens is 211 g/mol. The third kappa shape index (κ3) is 16.6. The Labute approximate surface area is 113 Å². The summed E-state index contributed by atoms with van der Waals surface area (Å²) in [5.41, 5.74) is 0. The normalized spacial score (nSPS) is 9.81. The molecule has 0 aliphatic rings. The second kappa shape index (κ2) is 17.6. The second-order valence-electron chi connectivity index (χ2n) is 4.49. The number of carbonyl (C=O) groups is 1. The van der Waals surface area contributed by atoms with Gasteiger partial charge in [0, 0.05) is 6.42 Å². The van der Waals surface area contributed by atoms with E-state index < -0.39 is 0 Å². The molecule has 0 radical (unpaired) electrons. The van der Waals surface area contributed by atoms with Gasteiger partial charge in [-0.15, -0.1) is 0 Å². The van der Waals surface area contributed by atoms with Crippen molar-refractivity contribution in [2.45, 2.75) is 84.0 Å². The lowest BCUT2D eigenvalue weighted by atomic mass is 10.1. The molecule has 96 valence electrons. The van der Waals surface area contributed by atoms with Crippen LogP contribution in [0, 0.1) is 0 Å². The highest BCUT2D eigenvalue weighted by molar-refractivity contribution is 5.75. The van der Waals surface area contributed by atoms with Crippen LogP contribution in [0.5, 0.6) is 0 Å². The van der Waals surface area contributed by atoms with Crippen LogP contribution in [0.1, 0.15) is 84.0 Å². The number of hydrogen-bond acceptors (Lipinski definition) is 1. The van der Waals surface area contributed by atoms with E-state index in [1.807, 2.05) is 0 Å². The van der Waals surface area contributed by atoms with E-state index in [-0.39, 0.29) is 17.4 Å². The average Bonchev–Trinajstić information content (AvgIpc) is 2.26. The van der Waals surface area contributed by atoms with Crippen molar-refractivity contribution in [1.29, 1.82) is 0 Å². The molecule has 0 rings (SSSR count). The van der Waals surface area contributed by atoms with E-state index in [0.29, 0.717) is 0 Å². The molecule has 0 fully saturated rings. The molecule has 16 heavy (non-hydrogen) atoms. The predicted molar refractivity (Wildman–Crippen MR) is 77.1 cm³/mol. The molecule has 0 unspecified atom stereocenters. The first-order chi connectivity index (χ1) is 7.41. The molecule has 2 heteroatoms. The summed E-state index contributed by atoms with van der Waals surface area (Å²) in [5, 5.41) is 0. The highest BCUT2D eigenvalue weighted by atomic mass is 27.0. The van der Waals surface area contributed by atoms with Gasteiger partial charge in [0.05, 0.1) is 0 Å². The Morgan fingerprint density at radius 3 is 1.44 bits per heavy atom. The number of hydrogen-bond donors (Lipinski definition) is 0.